The van der Waals surface area contributed by atoms with Crippen molar-refractivity contribution in [3.05, 3.63) is 60.2 Å². The molecule has 0 N–H and O–H groups in total. The van der Waals surface area contributed by atoms with Crippen molar-refractivity contribution < 1.29 is 9.53 Å². The SMILES string of the molecule is O=C(N1CCCCC1)N1C2CCC1CC(c1ccc(Oc3ccccc3)cc1)C2. The summed E-state index contributed by atoms with van der Waals surface area (Å²) in [6.45, 7) is 1.89. The first-order valence-electron chi connectivity index (χ1n) is 11.2. The summed E-state index contributed by atoms with van der Waals surface area (Å²) in [5.41, 5.74) is 1.38. The fourth-order valence-corrected chi connectivity index (χ4v) is 5.44. The molecule has 5 rings (SSSR count). The molecule has 2 aromatic carbocycles. The van der Waals surface area contributed by atoms with Crippen LogP contribution in [0.25, 0.3) is 0 Å². The summed E-state index contributed by atoms with van der Waals surface area (Å²) < 4.78 is 5.93. The monoisotopic (exact) mass is 390 g/mol. The summed E-state index contributed by atoms with van der Waals surface area (Å²) in [5, 5.41) is 0. The van der Waals surface area contributed by atoms with Crippen LogP contribution in [-0.4, -0.2) is 41.0 Å². The second kappa shape index (κ2) is 8.10. The number of likely N-dealkylation sites (tertiary alicyclic amines) is 1. The van der Waals surface area contributed by atoms with Gasteiger partial charge >= 0.3 is 6.03 Å². The van der Waals surface area contributed by atoms with E-state index < -0.39 is 0 Å². The third kappa shape index (κ3) is 3.85. The number of ether oxygens (including phenoxy) is 1. The third-order valence-electron chi connectivity index (χ3n) is 6.91. The summed E-state index contributed by atoms with van der Waals surface area (Å²) in [5.74, 6) is 2.28. The predicted octanol–water partition coefficient (Wildman–Crippen LogP) is 5.80. The van der Waals surface area contributed by atoms with E-state index in [0.717, 1.165) is 63.1 Å². The van der Waals surface area contributed by atoms with Gasteiger partial charge in [-0.15, -0.1) is 0 Å². The van der Waals surface area contributed by atoms with E-state index in [4.69, 9.17) is 4.74 Å². The van der Waals surface area contributed by atoms with Crippen LogP contribution in [0.15, 0.2) is 54.6 Å². The first-order valence-corrected chi connectivity index (χ1v) is 11.2. The van der Waals surface area contributed by atoms with E-state index in [1.807, 2.05) is 30.3 Å². The van der Waals surface area contributed by atoms with E-state index in [1.165, 1.54) is 12.0 Å². The molecule has 2 unspecified atom stereocenters. The van der Waals surface area contributed by atoms with Crippen LogP contribution in [0, 0.1) is 0 Å². The topological polar surface area (TPSA) is 32.8 Å². The molecule has 3 saturated heterocycles. The number of amides is 2. The lowest BCUT2D eigenvalue weighted by Crippen LogP contribution is -2.53. The molecule has 2 aromatic rings. The molecular weight excluding hydrogens is 360 g/mol. The average molecular weight is 391 g/mol. The van der Waals surface area contributed by atoms with Gasteiger partial charge in [0.25, 0.3) is 0 Å². The maximum absolute atomic E-state index is 13.1. The number of carbonyl (C=O) groups excluding carboxylic acids is 1. The van der Waals surface area contributed by atoms with E-state index >= 15 is 0 Å². The maximum Gasteiger partial charge on any atom is 0.320 e. The third-order valence-corrected chi connectivity index (χ3v) is 6.91. The Morgan fingerprint density at radius 2 is 1.41 bits per heavy atom. The molecule has 4 nitrogen and oxygen atoms in total. The Kier molecular flexibility index (Phi) is 5.17. The van der Waals surface area contributed by atoms with Crippen molar-refractivity contribution in [3.63, 3.8) is 0 Å². The van der Waals surface area contributed by atoms with Gasteiger partial charge in [-0.05, 0) is 80.7 Å². The van der Waals surface area contributed by atoms with Gasteiger partial charge in [0.2, 0.25) is 0 Å². The number of benzene rings is 2. The second-order valence-electron chi connectivity index (χ2n) is 8.78. The zero-order valence-corrected chi connectivity index (χ0v) is 17.0. The van der Waals surface area contributed by atoms with Crippen molar-refractivity contribution in [2.24, 2.45) is 0 Å². The Balaban J connectivity index is 1.24. The summed E-state index contributed by atoms with van der Waals surface area (Å²) in [4.78, 5) is 17.5. The van der Waals surface area contributed by atoms with E-state index in [0.29, 0.717) is 24.0 Å². The largest absolute Gasteiger partial charge is 0.457 e. The lowest BCUT2D eigenvalue weighted by molar-refractivity contribution is 0.0991. The second-order valence-corrected chi connectivity index (χ2v) is 8.78. The Morgan fingerprint density at radius 1 is 0.793 bits per heavy atom. The highest BCUT2D eigenvalue weighted by atomic mass is 16.5. The number of urea groups is 1. The van der Waals surface area contributed by atoms with Crippen molar-refractivity contribution in [2.75, 3.05) is 13.1 Å². The molecule has 0 aromatic heterocycles. The zero-order valence-electron chi connectivity index (χ0n) is 17.0. The van der Waals surface area contributed by atoms with Crippen molar-refractivity contribution in [1.82, 2.24) is 9.80 Å². The Hall–Kier alpha value is -2.49. The molecule has 3 aliphatic rings. The van der Waals surface area contributed by atoms with Gasteiger partial charge in [-0.25, -0.2) is 4.79 Å². The molecule has 0 aliphatic carbocycles. The van der Waals surface area contributed by atoms with E-state index in [-0.39, 0.29) is 0 Å². The molecule has 0 saturated carbocycles. The maximum atomic E-state index is 13.1. The van der Waals surface area contributed by atoms with Gasteiger partial charge in [0.15, 0.2) is 0 Å². The van der Waals surface area contributed by atoms with Crippen molar-refractivity contribution in [1.29, 1.82) is 0 Å². The summed E-state index contributed by atoms with van der Waals surface area (Å²) in [6.07, 6.45) is 8.10. The Bertz CT molecular complexity index is 816. The fourth-order valence-electron chi connectivity index (χ4n) is 5.44. The van der Waals surface area contributed by atoms with Crippen molar-refractivity contribution >= 4 is 6.03 Å². The molecule has 2 amide bonds. The number of para-hydroxylation sites is 1. The summed E-state index contributed by atoms with van der Waals surface area (Å²) >= 11 is 0. The highest BCUT2D eigenvalue weighted by Crippen LogP contribution is 2.44. The van der Waals surface area contributed by atoms with Crippen LogP contribution in [0.2, 0.25) is 0 Å². The molecule has 4 heteroatoms. The molecule has 29 heavy (non-hydrogen) atoms. The van der Waals surface area contributed by atoms with Crippen LogP contribution in [-0.2, 0) is 0 Å². The van der Waals surface area contributed by atoms with Crippen LogP contribution in [0.5, 0.6) is 11.5 Å². The molecule has 2 bridgehead atoms. The number of fused-ring (bicyclic) bond motifs is 2. The highest BCUT2D eigenvalue weighted by Gasteiger charge is 2.44. The molecule has 3 heterocycles. The van der Waals surface area contributed by atoms with E-state index in [2.05, 4.69) is 34.1 Å². The number of hydrogen-bond acceptors (Lipinski definition) is 2. The number of carbonyl (C=O) groups is 1. The summed E-state index contributed by atoms with van der Waals surface area (Å²) in [7, 11) is 0. The van der Waals surface area contributed by atoms with E-state index in [9.17, 15) is 4.79 Å². The first-order chi connectivity index (χ1) is 14.3. The van der Waals surface area contributed by atoms with Gasteiger partial charge in [-0.3, -0.25) is 0 Å². The van der Waals surface area contributed by atoms with E-state index in [1.54, 1.807) is 0 Å². The average Bonchev–Trinajstić information content (AvgIpc) is 3.04. The normalized spacial score (nSPS) is 26.4. The molecular formula is C25H30N2O2. The van der Waals surface area contributed by atoms with Crippen LogP contribution in [0.3, 0.4) is 0 Å². The summed E-state index contributed by atoms with van der Waals surface area (Å²) in [6, 6.07) is 19.6. The smallest absolute Gasteiger partial charge is 0.320 e. The first kappa shape index (κ1) is 18.5. The Labute approximate surface area is 173 Å². The lowest BCUT2D eigenvalue weighted by Gasteiger charge is -2.42. The van der Waals surface area contributed by atoms with Gasteiger partial charge in [0.1, 0.15) is 11.5 Å². The van der Waals surface area contributed by atoms with Crippen molar-refractivity contribution in [2.45, 2.75) is 62.9 Å². The molecule has 3 fully saturated rings. The van der Waals surface area contributed by atoms with Crippen LogP contribution in [0.4, 0.5) is 4.79 Å². The number of rotatable bonds is 3. The molecule has 152 valence electrons. The van der Waals surface area contributed by atoms with Crippen LogP contribution >= 0.6 is 0 Å². The number of piperidine rings is 2. The van der Waals surface area contributed by atoms with Gasteiger partial charge in [-0.2, -0.15) is 0 Å². The molecule has 2 atom stereocenters. The number of nitrogens with zero attached hydrogens (tertiary/aromatic N) is 2. The Morgan fingerprint density at radius 3 is 2.07 bits per heavy atom. The predicted molar refractivity (Wildman–Crippen MR) is 114 cm³/mol. The van der Waals surface area contributed by atoms with Crippen LogP contribution < -0.4 is 4.74 Å². The minimum Gasteiger partial charge on any atom is -0.457 e. The van der Waals surface area contributed by atoms with Crippen molar-refractivity contribution in [3.8, 4) is 11.5 Å². The van der Waals surface area contributed by atoms with Gasteiger partial charge in [0, 0.05) is 25.2 Å². The standard InChI is InChI=1S/C25H30N2O2/c28-25(26-15-5-2-6-16-26)27-21-11-12-22(27)18-20(17-21)19-9-13-24(14-10-19)29-23-7-3-1-4-8-23/h1,3-4,7-10,13-14,20-22H,2,5-6,11-12,15-18H2. The van der Waals surface area contributed by atoms with Gasteiger partial charge in [0.05, 0.1) is 0 Å². The number of hydrogen-bond donors (Lipinski definition) is 0. The molecule has 3 aliphatic heterocycles. The fraction of sp³-hybridized carbons (Fsp3) is 0.480. The van der Waals surface area contributed by atoms with Gasteiger partial charge in [-0.1, -0.05) is 30.3 Å². The molecule has 0 radical (unpaired) electrons. The van der Waals surface area contributed by atoms with Crippen LogP contribution in [0.1, 0.15) is 56.4 Å². The molecule has 0 spiro atoms. The minimum atomic E-state index is 0.308. The minimum absolute atomic E-state index is 0.308. The lowest BCUT2D eigenvalue weighted by atomic mass is 9.85. The zero-order chi connectivity index (χ0) is 19.6. The van der Waals surface area contributed by atoms with Gasteiger partial charge < -0.3 is 14.5 Å². The quantitative estimate of drug-likeness (QED) is 0.664. The highest BCUT2D eigenvalue weighted by molar-refractivity contribution is 5.76.